The molecule has 2 nitrogen and oxygen atoms in total. The quantitative estimate of drug-likeness (QED) is 0.108. The number of benzene rings is 15. The van der Waals surface area contributed by atoms with Gasteiger partial charge in [-0.15, -0.1) is 0 Å². The number of furan rings is 1. The first kappa shape index (κ1) is 56.6. The lowest BCUT2D eigenvalue weighted by molar-refractivity contribution is 0.670. The zero-order valence-corrected chi connectivity index (χ0v) is 53.0. The predicted molar refractivity (Wildman–Crippen MR) is 400 cm³/mol. The van der Waals surface area contributed by atoms with Crippen LogP contribution in [0.1, 0.15) is 44.9 Å². The molecule has 0 bridgehead atoms. The summed E-state index contributed by atoms with van der Waals surface area (Å²) in [7, 11) is 0. The van der Waals surface area contributed by atoms with Crippen LogP contribution in [0.25, 0.3) is 111 Å². The Morgan fingerprint density at radius 1 is 0.281 bits per heavy atom. The minimum atomic E-state index is -0.636. The van der Waals surface area contributed by atoms with Crippen molar-refractivity contribution < 1.29 is 4.42 Å². The molecule has 18 rings (SSSR count). The molecule has 452 valence electrons. The molecule has 2 unspecified atom stereocenters. The van der Waals surface area contributed by atoms with Gasteiger partial charge in [-0.3, -0.25) is 0 Å². The number of nitrogens with zero attached hydrogens (tertiary/aromatic N) is 1. The van der Waals surface area contributed by atoms with Gasteiger partial charge in [-0.1, -0.05) is 322 Å². The molecule has 1 heterocycles. The third-order valence-corrected chi connectivity index (χ3v) is 20.4. The van der Waals surface area contributed by atoms with Crippen molar-refractivity contribution in [2.75, 3.05) is 4.90 Å². The fraction of sp³-hybridized carbons (Fsp3) is 0.0426. The third kappa shape index (κ3) is 9.63. The first-order valence-corrected chi connectivity index (χ1v) is 33.5. The highest BCUT2D eigenvalue weighted by Gasteiger charge is 2.52. The maximum absolute atomic E-state index is 6.85. The number of hydrogen-bond donors (Lipinski definition) is 0. The van der Waals surface area contributed by atoms with Crippen molar-refractivity contribution in [1.29, 1.82) is 0 Å². The summed E-state index contributed by atoms with van der Waals surface area (Å²) < 4.78 is 6.85. The molecule has 0 N–H and O–H groups in total. The smallest absolute Gasteiger partial charge is 0.143 e. The molecule has 1 aromatic heterocycles. The first-order valence-electron chi connectivity index (χ1n) is 33.5. The van der Waals surface area contributed by atoms with Crippen molar-refractivity contribution in [3.8, 4) is 89.0 Å². The molecule has 2 aliphatic rings. The lowest BCUT2D eigenvalue weighted by Crippen LogP contribution is -2.25. The van der Waals surface area contributed by atoms with Gasteiger partial charge in [0.05, 0.1) is 11.1 Å². The van der Waals surface area contributed by atoms with Crippen molar-refractivity contribution in [2.45, 2.75) is 24.2 Å². The number of anilines is 3. The molecule has 16 aromatic rings. The Labute approximate surface area is 561 Å². The van der Waals surface area contributed by atoms with Crippen LogP contribution in [-0.2, 0) is 18.3 Å². The van der Waals surface area contributed by atoms with Crippen LogP contribution >= 0.6 is 0 Å². The first-order chi connectivity index (χ1) is 47.6. The van der Waals surface area contributed by atoms with E-state index in [1.54, 1.807) is 0 Å². The normalized spacial score (nSPS) is 13.7. The van der Waals surface area contributed by atoms with Gasteiger partial charge in [-0.25, -0.2) is 0 Å². The van der Waals surface area contributed by atoms with Gasteiger partial charge in [0.2, 0.25) is 0 Å². The maximum Gasteiger partial charge on any atom is 0.143 e. The van der Waals surface area contributed by atoms with Crippen molar-refractivity contribution >= 4 is 39.0 Å². The van der Waals surface area contributed by atoms with Crippen molar-refractivity contribution in [2.24, 2.45) is 0 Å². The fourth-order valence-electron chi connectivity index (χ4n) is 16.0. The van der Waals surface area contributed by atoms with E-state index in [1.807, 2.05) is 0 Å². The number of fused-ring (bicyclic) bond motifs is 13. The van der Waals surface area contributed by atoms with E-state index in [-0.39, 0.29) is 5.92 Å². The summed E-state index contributed by atoms with van der Waals surface area (Å²) >= 11 is 0. The van der Waals surface area contributed by atoms with E-state index < -0.39 is 5.41 Å². The number of rotatable bonds is 14. The van der Waals surface area contributed by atoms with Gasteiger partial charge < -0.3 is 9.32 Å². The van der Waals surface area contributed by atoms with Crippen molar-refractivity contribution in [3.05, 3.63) is 403 Å². The summed E-state index contributed by atoms with van der Waals surface area (Å²) in [5.41, 5.74) is 32.6. The van der Waals surface area contributed by atoms with Gasteiger partial charge in [0.1, 0.15) is 11.2 Å². The maximum atomic E-state index is 6.85. The van der Waals surface area contributed by atoms with Gasteiger partial charge in [-0.05, 0) is 178 Å². The summed E-state index contributed by atoms with van der Waals surface area (Å²) in [5, 5.41) is 2.25. The Kier molecular flexibility index (Phi) is 14.0. The molecule has 2 heteroatoms. The molecule has 15 aromatic carbocycles. The van der Waals surface area contributed by atoms with E-state index in [0.29, 0.717) is 0 Å². The minimum Gasteiger partial charge on any atom is -0.455 e. The fourth-order valence-corrected chi connectivity index (χ4v) is 16.0. The van der Waals surface area contributed by atoms with E-state index in [9.17, 15) is 0 Å². The SMILES string of the molecule is c1ccc(-c2ccc(CC(Cc3ccccc3-c3ccccc3)c3cc(-c4ccc5c(c4)C4(c6ccccc6-5)c5ccccc5-c5c(-c6cccc7c6oc6ccccc67)cccc54)cc(N(c4ccc(-c5ccccc5)cc4)c4ccccc4-c4ccccc4)c3)cc2)cc1. The highest BCUT2D eigenvalue weighted by molar-refractivity contribution is 6.12. The molecule has 0 saturated carbocycles. The predicted octanol–water partition coefficient (Wildman–Crippen LogP) is 25.0. The van der Waals surface area contributed by atoms with Gasteiger partial charge in [0.25, 0.3) is 0 Å². The van der Waals surface area contributed by atoms with Gasteiger partial charge in [-0.2, -0.15) is 0 Å². The zero-order valence-electron chi connectivity index (χ0n) is 53.0. The lowest BCUT2D eigenvalue weighted by Gasteiger charge is -2.31. The minimum absolute atomic E-state index is 0.0380. The van der Waals surface area contributed by atoms with E-state index >= 15 is 0 Å². The summed E-state index contributed by atoms with van der Waals surface area (Å²) in [6.07, 6.45) is 1.62. The average Bonchev–Trinajstić information content (AvgIpc) is 1.50. The standard InChI is InChI=1S/C94H65NO/c1-5-25-64(26-6-1)66-49-47-63(48-50-66)57-72(58-71-33-13-14-34-77(71)68-29-9-3-10-30-68)74-59-73(60-76(61-74)95(75-54-51-67(52-55-75)65-27-7-2-8-28-65)90-45-21-17-35-78(90)69-31-11-4-12-32-69)70-53-56-80-79-36-15-19-42-86(79)94(89(80)62-70)87-43-20-16-38-85(87)92-82(39-24-44-88(92)94)84-41-23-40-83-81-37-18-22-46-91(81)96-93(83)84/h1-56,59-62,72H,57-58H2. The Hall–Kier alpha value is -12.1. The van der Waals surface area contributed by atoms with Gasteiger partial charge >= 0.3 is 0 Å². The summed E-state index contributed by atoms with van der Waals surface area (Å²) in [6.45, 7) is 0. The van der Waals surface area contributed by atoms with E-state index in [1.165, 1.54) is 100 Å². The van der Waals surface area contributed by atoms with Gasteiger partial charge in [0, 0.05) is 33.3 Å². The van der Waals surface area contributed by atoms with Crippen LogP contribution in [0.5, 0.6) is 0 Å². The molecule has 0 radical (unpaired) electrons. The zero-order chi connectivity index (χ0) is 63.5. The Morgan fingerprint density at radius 2 is 0.781 bits per heavy atom. The largest absolute Gasteiger partial charge is 0.455 e. The second-order valence-corrected chi connectivity index (χ2v) is 25.7. The summed E-state index contributed by atoms with van der Waals surface area (Å²) in [4.78, 5) is 2.52. The molecule has 0 saturated heterocycles. The third-order valence-electron chi connectivity index (χ3n) is 20.4. The second kappa shape index (κ2) is 23.8. The molecule has 1 spiro atoms. The van der Waals surface area contributed by atoms with Crippen LogP contribution in [0.4, 0.5) is 17.1 Å². The Bertz CT molecular complexity index is 5580. The summed E-state index contributed by atoms with van der Waals surface area (Å²) in [5.74, 6) is 0.0380. The molecule has 2 aliphatic carbocycles. The number of hydrogen-bond acceptors (Lipinski definition) is 2. The molecule has 96 heavy (non-hydrogen) atoms. The van der Waals surface area contributed by atoms with Crippen LogP contribution in [0.3, 0.4) is 0 Å². The molecular formula is C94H65NO. The molecule has 0 fully saturated rings. The van der Waals surface area contributed by atoms with Crippen LogP contribution < -0.4 is 4.90 Å². The highest BCUT2D eigenvalue weighted by atomic mass is 16.3. The number of para-hydroxylation sites is 3. The topological polar surface area (TPSA) is 16.4 Å². The Balaban J connectivity index is 0.877. The van der Waals surface area contributed by atoms with Crippen LogP contribution in [0.2, 0.25) is 0 Å². The monoisotopic (exact) mass is 1220 g/mol. The molecule has 0 aliphatic heterocycles. The Morgan fingerprint density at radius 3 is 1.50 bits per heavy atom. The van der Waals surface area contributed by atoms with E-state index in [0.717, 1.165) is 79.7 Å². The molecule has 2 atom stereocenters. The van der Waals surface area contributed by atoms with Crippen molar-refractivity contribution in [3.63, 3.8) is 0 Å². The average molecular weight is 1220 g/mol. The van der Waals surface area contributed by atoms with Gasteiger partial charge in [0.15, 0.2) is 0 Å². The van der Waals surface area contributed by atoms with Crippen LogP contribution in [-0.4, -0.2) is 0 Å². The van der Waals surface area contributed by atoms with E-state index in [2.05, 4.69) is 369 Å². The summed E-state index contributed by atoms with van der Waals surface area (Å²) in [6, 6.07) is 135. The highest BCUT2D eigenvalue weighted by Crippen LogP contribution is 2.65. The van der Waals surface area contributed by atoms with Crippen LogP contribution in [0.15, 0.2) is 368 Å². The molecule has 0 amide bonds. The lowest BCUT2D eigenvalue weighted by atomic mass is 9.70. The van der Waals surface area contributed by atoms with Crippen LogP contribution in [0, 0.1) is 0 Å². The second-order valence-electron chi connectivity index (χ2n) is 25.7. The molecular weight excluding hydrogens is 1160 g/mol. The van der Waals surface area contributed by atoms with E-state index in [4.69, 9.17) is 4.42 Å². The van der Waals surface area contributed by atoms with Crippen molar-refractivity contribution in [1.82, 2.24) is 0 Å².